The van der Waals surface area contributed by atoms with Gasteiger partial charge in [0.25, 0.3) is 5.91 Å². The van der Waals surface area contributed by atoms with Crippen LogP contribution in [0.4, 0.5) is 0 Å². The molecule has 1 atom stereocenters. The highest BCUT2D eigenvalue weighted by atomic mass is 35.5. The van der Waals surface area contributed by atoms with Crippen LogP contribution < -0.4 is 0 Å². The van der Waals surface area contributed by atoms with Gasteiger partial charge in [-0.15, -0.1) is 0 Å². The molecule has 1 amide bonds. The number of rotatable bonds is 2. The molecule has 1 aromatic heterocycles. The first-order chi connectivity index (χ1) is 8.60. The summed E-state index contributed by atoms with van der Waals surface area (Å²) in [5.41, 5.74) is 1.04. The summed E-state index contributed by atoms with van der Waals surface area (Å²) in [5.74, 6) is -0.107. The van der Waals surface area contributed by atoms with E-state index in [0.29, 0.717) is 31.1 Å². The maximum atomic E-state index is 12.3. The molecule has 6 heteroatoms. The third-order valence-electron chi connectivity index (χ3n) is 2.93. The number of hydrogen-bond donors (Lipinski definition) is 0. The third-order valence-corrected chi connectivity index (χ3v) is 3.10. The number of amides is 1. The van der Waals surface area contributed by atoms with Gasteiger partial charge < -0.3 is 9.64 Å². The molecule has 0 bridgehead atoms. The van der Waals surface area contributed by atoms with Crippen molar-refractivity contribution in [3.05, 3.63) is 22.7 Å². The smallest absolute Gasteiger partial charge is 0.272 e. The molecular formula is C12H16ClN3O2. The van der Waals surface area contributed by atoms with Crippen molar-refractivity contribution < 1.29 is 9.53 Å². The number of ether oxygens (including phenoxy) is 1. The zero-order chi connectivity index (χ0) is 13.1. The molecule has 1 aliphatic rings. The Hall–Kier alpha value is -1.20. The number of carbonyl (C=O) groups excluding carboxylic acids is 1. The van der Waals surface area contributed by atoms with Crippen molar-refractivity contribution >= 4 is 17.5 Å². The molecule has 0 radical (unpaired) electrons. The normalized spacial score (nSPS) is 19.9. The Morgan fingerprint density at radius 3 is 3.06 bits per heavy atom. The molecule has 2 heterocycles. The van der Waals surface area contributed by atoms with E-state index in [-0.39, 0.29) is 17.3 Å². The van der Waals surface area contributed by atoms with Gasteiger partial charge in [0, 0.05) is 18.8 Å². The van der Waals surface area contributed by atoms with Crippen molar-refractivity contribution in [1.29, 1.82) is 0 Å². The van der Waals surface area contributed by atoms with Crippen LogP contribution in [0.3, 0.4) is 0 Å². The van der Waals surface area contributed by atoms with E-state index in [4.69, 9.17) is 16.3 Å². The molecule has 2 rings (SSSR count). The fourth-order valence-electron chi connectivity index (χ4n) is 1.95. The molecule has 1 unspecified atom stereocenters. The molecule has 0 N–H and O–H groups in total. The topological polar surface area (TPSA) is 55.3 Å². The van der Waals surface area contributed by atoms with Crippen molar-refractivity contribution in [1.82, 2.24) is 14.9 Å². The van der Waals surface area contributed by atoms with E-state index in [1.54, 1.807) is 17.9 Å². The van der Waals surface area contributed by atoms with Crippen molar-refractivity contribution in [3.8, 4) is 0 Å². The fraction of sp³-hybridized carbons (Fsp3) is 0.583. The van der Waals surface area contributed by atoms with Gasteiger partial charge in [-0.2, -0.15) is 0 Å². The van der Waals surface area contributed by atoms with Gasteiger partial charge >= 0.3 is 0 Å². The molecule has 1 saturated heterocycles. The van der Waals surface area contributed by atoms with Crippen molar-refractivity contribution in [2.45, 2.75) is 26.4 Å². The molecular weight excluding hydrogens is 254 g/mol. The van der Waals surface area contributed by atoms with Crippen molar-refractivity contribution in [3.63, 3.8) is 0 Å². The molecule has 0 spiro atoms. The lowest BCUT2D eigenvalue weighted by Crippen LogP contribution is -2.45. The van der Waals surface area contributed by atoms with E-state index in [1.807, 2.05) is 6.92 Å². The molecule has 5 nitrogen and oxygen atoms in total. The van der Waals surface area contributed by atoms with Crippen LogP contribution in [0.5, 0.6) is 0 Å². The van der Waals surface area contributed by atoms with Crippen LogP contribution in [0, 0.1) is 6.92 Å². The monoisotopic (exact) mass is 269 g/mol. The SMILES string of the molecule is CCC1CN(C(=O)c2cc(C)nc(Cl)n2)CCO1. The molecule has 0 saturated carbocycles. The lowest BCUT2D eigenvalue weighted by atomic mass is 10.2. The minimum Gasteiger partial charge on any atom is -0.375 e. The van der Waals surface area contributed by atoms with E-state index in [2.05, 4.69) is 9.97 Å². The van der Waals surface area contributed by atoms with Crippen LogP contribution in [0.25, 0.3) is 0 Å². The minimum atomic E-state index is -0.107. The minimum absolute atomic E-state index is 0.107. The van der Waals surface area contributed by atoms with Gasteiger partial charge in [0.15, 0.2) is 0 Å². The molecule has 1 fully saturated rings. The number of nitrogens with zero attached hydrogens (tertiary/aromatic N) is 3. The van der Waals surface area contributed by atoms with Gasteiger partial charge in [0.1, 0.15) is 5.69 Å². The third kappa shape index (κ3) is 2.97. The number of aromatic nitrogens is 2. The Bertz CT molecular complexity index is 433. The molecule has 0 aromatic carbocycles. The second kappa shape index (κ2) is 5.63. The van der Waals surface area contributed by atoms with Gasteiger partial charge in [-0.1, -0.05) is 6.92 Å². The highest BCUT2D eigenvalue weighted by molar-refractivity contribution is 6.28. The first-order valence-electron chi connectivity index (χ1n) is 6.02. The first kappa shape index (κ1) is 13.2. The summed E-state index contributed by atoms with van der Waals surface area (Å²) in [7, 11) is 0. The number of hydrogen-bond acceptors (Lipinski definition) is 4. The summed E-state index contributed by atoms with van der Waals surface area (Å²) in [6, 6.07) is 1.66. The highest BCUT2D eigenvalue weighted by Gasteiger charge is 2.25. The Balaban J connectivity index is 2.15. The summed E-state index contributed by atoms with van der Waals surface area (Å²) < 4.78 is 5.54. The second-order valence-corrected chi connectivity index (χ2v) is 4.65. The van der Waals surface area contributed by atoms with Crippen LogP contribution in [-0.2, 0) is 4.74 Å². The number of halogens is 1. The summed E-state index contributed by atoms with van der Waals surface area (Å²) in [6.07, 6.45) is 1.01. The number of morpholine rings is 1. The predicted molar refractivity (Wildman–Crippen MR) is 67.7 cm³/mol. The van der Waals surface area contributed by atoms with Crippen LogP contribution in [0.15, 0.2) is 6.07 Å². The van der Waals surface area contributed by atoms with Crippen molar-refractivity contribution in [2.24, 2.45) is 0 Å². The van der Waals surface area contributed by atoms with Gasteiger partial charge in [0.05, 0.1) is 12.7 Å². The average molecular weight is 270 g/mol. The van der Waals surface area contributed by atoms with Crippen LogP contribution >= 0.6 is 11.6 Å². The largest absolute Gasteiger partial charge is 0.375 e. The summed E-state index contributed by atoms with van der Waals surface area (Å²) >= 11 is 5.77. The Kier molecular flexibility index (Phi) is 4.14. The second-order valence-electron chi connectivity index (χ2n) is 4.32. The maximum absolute atomic E-state index is 12.3. The van der Waals surface area contributed by atoms with Crippen LogP contribution in [-0.4, -0.2) is 46.6 Å². The molecule has 1 aliphatic heterocycles. The number of aryl methyl sites for hydroxylation is 1. The van der Waals surface area contributed by atoms with E-state index >= 15 is 0 Å². The average Bonchev–Trinajstić information content (AvgIpc) is 2.37. The predicted octanol–water partition coefficient (Wildman–Crippen LogP) is 1.69. The van der Waals surface area contributed by atoms with Crippen LogP contribution in [0.1, 0.15) is 29.5 Å². The summed E-state index contributed by atoms with van der Waals surface area (Å²) in [5, 5.41) is 0.110. The van der Waals surface area contributed by atoms with Gasteiger partial charge in [-0.25, -0.2) is 9.97 Å². The lowest BCUT2D eigenvalue weighted by molar-refractivity contribution is -0.0228. The van der Waals surface area contributed by atoms with Gasteiger partial charge in [-0.3, -0.25) is 4.79 Å². The summed E-state index contributed by atoms with van der Waals surface area (Å²) in [6.45, 7) is 5.61. The maximum Gasteiger partial charge on any atom is 0.272 e. The Morgan fingerprint density at radius 1 is 1.61 bits per heavy atom. The van der Waals surface area contributed by atoms with Crippen LogP contribution in [0.2, 0.25) is 5.28 Å². The van der Waals surface area contributed by atoms with E-state index < -0.39 is 0 Å². The fourth-order valence-corrected chi connectivity index (χ4v) is 2.18. The Morgan fingerprint density at radius 2 is 2.39 bits per heavy atom. The molecule has 98 valence electrons. The van der Waals surface area contributed by atoms with E-state index in [0.717, 1.165) is 6.42 Å². The molecule has 1 aromatic rings. The lowest BCUT2D eigenvalue weighted by Gasteiger charge is -2.32. The molecule has 18 heavy (non-hydrogen) atoms. The van der Waals surface area contributed by atoms with E-state index in [1.165, 1.54) is 0 Å². The first-order valence-corrected chi connectivity index (χ1v) is 6.40. The highest BCUT2D eigenvalue weighted by Crippen LogP contribution is 2.13. The zero-order valence-electron chi connectivity index (χ0n) is 10.5. The Labute approximate surface area is 111 Å². The quantitative estimate of drug-likeness (QED) is 0.767. The zero-order valence-corrected chi connectivity index (χ0v) is 11.3. The molecule has 0 aliphatic carbocycles. The summed E-state index contributed by atoms with van der Waals surface area (Å²) in [4.78, 5) is 22.0. The van der Waals surface area contributed by atoms with E-state index in [9.17, 15) is 4.79 Å². The van der Waals surface area contributed by atoms with Gasteiger partial charge in [-0.05, 0) is 31.0 Å². The van der Waals surface area contributed by atoms with Gasteiger partial charge in [0.2, 0.25) is 5.28 Å². The standard InChI is InChI=1S/C12H16ClN3O2/c1-3-9-7-16(4-5-18-9)11(17)10-6-8(2)14-12(13)15-10/h6,9H,3-5,7H2,1-2H3. The van der Waals surface area contributed by atoms with Crippen molar-refractivity contribution in [2.75, 3.05) is 19.7 Å². The number of carbonyl (C=O) groups is 1.